The summed E-state index contributed by atoms with van der Waals surface area (Å²) >= 11 is 0. The van der Waals surface area contributed by atoms with Crippen molar-refractivity contribution in [3.63, 3.8) is 0 Å². The Hall–Kier alpha value is -1.33. The molecule has 2 rings (SSSR count). The van der Waals surface area contributed by atoms with Crippen LogP contribution < -0.4 is 0 Å². The monoisotopic (exact) mass is 233 g/mol. The molecule has 88 valence electrons. The maximum atomic E-state index is 12.6. The van der Waals surface area contributed by atoms with Crippen LogP contribution >= 0.6 is 0 Å². The van der Waals surface area contributed by atoms with Gasteiger partial charge < -0.3 is 9.32 Å². The van der Waals surface area contributed by atoms with E-state index in [-0.39, 0.29) is 17.9 Å². The van der Waals surface area contributed by atoms with Gasteiger partial charge in [0, 0.05) is 18.4 Å². The quantitative estimate of drug-likeness (QED) is 0.751. The first kappa shape index (κ1) is 11.2. The molecular formula is C10H10F3NO2. The molecular weight excluding hydrogens is 223 g/mol. The lowest BCUT2D eigenvalue weighted by molar-refractivity contribution is -0.155. The molecule has 1 unspecified atom stereocenters. The summed E-state index contributed by atoms with van der Waals surface area (Å²) < 4.78 is 42.6. The van der Waals surface area contributed by atoms with E-state index in [0.29, 0.717) is 5.76 Å². The number of rotatable bonds is 4. The molecule has 1 saturated carbocycles. The second-order valence-corrected chi connectivity index (χ2v) is 3.92. The van der Waals surface area contributed by atoms with Gasteiger partial charge in [-0.3, -0.25) is 0 Å². The van der Waals surface area contributed by atoms with E-state index in [0.717, 1.165) is 12.8 Å². The van der Waals surface area contributed by atoms with Gasteiger partial charge in [0.05, 0.1) is 5.69 Å². The lowest BCUT2D eigenvalue weighted by atomic mass is 10.0. The molecule has 0 radical (unpaired) electrons. The number of aldehydes is 1. The Balaban J connectivity index is 2.20. The third-order valence-electron chi connectivity index (χ3n) is 2.61. The van der Waals surface area contributed by atoms with Crippen molar-refractivity contribution in [3.8, 4) is 0 Å². The van der Waals surface area contributed by atoms with E-state index in [1.165, 1.54) is 6.07 Å². The number of aromatic nitrogens is 1. The number of halogens is 3. The normalized spacial score (nSPS) is 18.4. The van der Waals surface area contributed by atoms with E-state index < -0.39 is 18.5 Å². The summed E-state index contributed by atoms with van der Waals surface area (Å²) in [5.41, 5.74) is -0.193. The fourth-order valence-corrected chi connectivity index (χ4v) is 1.55. The highest BCUT2D eigenvalue weighted by Crippen LogP contribution is 2.43. The van der Waals surface area contributed by atoms with Crippen LogP contribution in [0.5, 0.6) is 0 Å². The molecule has 0 aromatic carbocycles. The summed E-state index contributed by atoms with van der Waals surface area (Å²) in [7, 11) is 0. The number of alkyl halides is 3. The SMILES string of the molecule is O=CCC(c1cc(C2CC2)on1)C(F)(F)F. The van der Waals surface area contributed by atoms with E-state index in [1.807, 2.05) is 0 Å². The van der Waals surface area contributed by atoms with E-state index in [9.17, 15) is 18.0 Å². The van der Waals surface area contributed by atoms with Crippen molar-refractivity contribution in [2.75, 3.05) is 0 Å². The minimum absolute atomic E-state index is 0.193. The molecule has 0 saturated heterocycles. The minimum Gasteiger partial charge on any atom is -0.361 e. The van der Waals surface area contributed by atoms with Gasteiger partial charge in [0.15, 0.2) is 0 Å². The van der Waals surface area contributed by atoms with Gasteiger partial charge in [0.2, 0.25) is 0 Å². The van der Waals surface area contributed by atoms with Crippen LogP contribution in [-0.4, -0.2) is 17.6 Å². The molecule has 0 bridgehead atoms. The van der Waals surface area contributed by atoms with Crippen LogP contribution in [0.4, 0.5) is 13.2 Å². The van der Waals surface area contributed by atoms with E-state index in [2.05, 4.69) is 5.16 Å². The van der Waals surface area contributed by atoms with Gasteiger partial charge in [-0.05, 0) is 12.8 Å². The smallest absolute Gasteiger partial charge is 0.361 e. The number of hydrogen-bond donors (Lipinski definition) is 0. The fourth-order valence-electron chi connectivity index (χ4n) is 1.55. The minimum atomic E-state index is -4.46. The van der Waals surface area contributed by atoms with Crippen molar-refractivity contribution in [1.82, 2.24) is 5.16 Å². The van der Waals surface area contributed by atoms with Crippen molar-refractivity contribution in [3.05, 3.63) is 17.5 Å². The second-order valence-electron chi connectivity index (χ2n) is 3.92. The topological polar surface area (TPSA) is 43.1 Å². The summed E-state index contributed by atoms with van der Waals surface area (Å²) in [6.45, 7) is 0. The molecule has 1 atom stereocenters. The number of carbonyl (C=O) groups excluding carboxylic acids is 1. The van der Waals surface area contributed by atoms with E-state index in [1.54, 1.807) is 0 Å². The predicted molar refractivity (Wildman–Crippen MR) is 48.0 cm³/mol. The van der Waals surface area contributed by atoms with Gasteiger partial charge in [-0.1, -0.05) is 5.16 Å². The van der Waals surface area contributed by atoms with Gasteiger partial charge in [0.25, 0.3) is 0 Å². The highest BCUT2D eigenvalue weighted by atomic mass is 19.4. The van der Waals surface area contributed by atoms with Crippen molar-refractivity contribution < 1.29 is 22.5 Å². The second kappa shape index (κ2) is 3.92. The number of nitrogens with zero attached hydrogens (tertiary/aromatic N) is 1. The maximum Gasteiger partial charge on any atom is 0.397 e. The van der Waals surface area contributed by atoms with Gasteiger partial charge in [-0.15, -0.1) is 0 Å². The Morgan fingerprint density at radius 2 is 2.25 bits per heavy atom. The zero-order chi connectivity index (χ0) is 11.8. The van der Waals surface area contributed by atoms with Crippen molar-refractivity contribution in [2.45, 2.75) is 37.3 Å². The summed E-state index contributed by atoms with van der Waals surface area (Å²) in [6, 6.07) is 1.32. The van der Waals surface area contributed by atoms with Crippen LogP contribution in [0.3, 0.4) is 0 Å². The summed E-state index contributed by atoms with van der Waals surface area (Å²) in [4.78, 5) is 10.2. The van der Waals surface area contributed by atoms with Crippen molar-refractivity contribution >= 4 is 6.29 Å². The molecule has 1 aliphatic carbocycles. The van der Waals surface area contributed by atoms with Gasteiger partial charge in [-0.2, -0.15) is 13.2 Å². The molecule has 0 spiro atoms. The predicted octanol–water partition coefficient (Wildman–Crippen LogP) is 2.79. The lowest BCUT2D eigenvalue weighted by Gasteiger charge is -2.14. The fraction of sp³-hybridized carbons (Fsp3) is 0.600. The third-order valence-corrected chi connectivity index (χ3v) is 2.61. The summed E-state index contributed by atoms with van der Waals surface area (Å²) in [6.07, 6.45) is -2.96. The first-order valence-corrected chi connectivity index (χ1v) is 4.99. The first-order chi connectivity index (χ1) is 7.52. The van der Waals surface area contributed by atoms with Crippen LogP contribution in [0.25, 0.3) is 0 Å². The van der Waals surface area contributed by atoms with E-state index in [4.69, 9.17) is 4.52 Å². The standard InChI is InChI=1S/C10H10F3NO2/c11-10(12,13)7(3-4-15)8-5-9(16-14-8)6-1-2-6/h4-7H,1-3H2. The lowest BCUT2D eigenvalue weighted by Crippen LogP contribution is -2.21. The average Bonchev–Trinajstić information content (AvgIpc) is 2.93. The Kier molecular flexibility index (Phi) is 2.73. The third kappa shape index (κ3) is 2.25. The summed E-state index contributed by atoms with van der Waals surface area (Å²) in [5.74, 6) is -1.14. The van der Waals surface area contributed by atoms with Gasteiger partial charge >= 0.3 is 6.18 Å². The Morgan fingerprint density at radius 1 is 1.56 bits per heavy atom. The van der Waals surface area contributed by atoms with Crippen molar-refractivity contribution in [1.29, 1.82) is 0 Å². The molecule has 1 aromatic heterocycles. The highest BCUT2D eigenvalue weighted by Gasteiger charge is 2.43. The molecule has 0 N–H and O–H groups in total. The Labute approximate surface area is 89.6 Å². The van der Waals surface area contributed by atoms with Crippen molar-refractivity contribution in [2.24, 2.45) is 0 Å². The van der Waals surface area contributed by atoms with Crippen LogP contribution in [0.2, 0.25) is 0 Å². The van der Waals surface area contributed by atoms with E-state index >= 15 is 0 Å². The molecule has 3 nitrogen and oxygen atoms in total. The zero-order valence-corrected chi connectivity index (χ0v) is 8.33. The Morgan fingerprint density at radius 3 is 2.75 bits per heavy atom. The first-order valence-electron chi connectivity index (χ1n) is 4.99. The highest BCUT2D eigenvalue weighted by molar-refractivity contribution is 5.51. The molecule has 6 heteroatoms. The molecule has 0 amide bonds. The van der Waals surface area contributed by atoms with Crippen LogP contribution in [0, 0.1) is 0 Å². The number of carbonyl (C=O) groups is 1. The Bertz CT molecular complexity index is 382. The molecule has 16 heavy (non-hydrogen) atoms. The zero-order valence-electron chi connectivity index (χ0n) is 8.33. The number of hydrogen-bond acceptors (Lipinski definition) is 3. The molecule has 1 aliphatic rings. The largest absolute Gasteiger partial charge is 0.397 e. The van der Waals surface area contributed by atoms with Gasteiger partial charge in [0.1, 0.15) is 18.0 Å². The van der Waals surface area contributed by atoms with Crippen LogP contribution in [0.1, 0.15) is 42.6 Å². The maximum absolute atomic E-state index is 12.6. The molecule has 1 heterocycles. The van der Waals surface area contributed by atoms with Crippen LogP contribution in [-0.2, 0) is 4.79 Å². The molecule has 1 aromatic rings. The van der Waals surface area contributed by atoms with Crippen LogP contribution in [0.15, 0.2) is 10.6 Å². The average molecular weight is 233 g/mol. The molecule has 0 aliphatic heterocycles. The summed E-state index contributed by atoms with van der Waals surface area (Å²) in [5, 5.41) is 3.41. The molecule has 1 fully saturated rings. The van der Waals surface area contributed by atoms with Gasteiger partial charge in [-0.25, -0.2) is 0 Å².